The molecular formula is C27H26ClF6N5O3. The highest BCUT2D eigenvalue weighted by molar-refractivity contribution is 6.29. The molecule has 0 aliphatic carbocycles. The molecule has 3 heterocycles. The number of hydrogen-bond acceptors (Lipinski definition) is 7. The van der Waals surface area contributed by atoms with Crippen LogP contribution in [-0.4, -0.2) is 40.8 Å². The Labute approximate surface area is 242 Å². The number of aromatic nitrogens is 3. The summed E-state index contributed by atoms with van der Waals surface area (Å²) in [7, 11) is 1.42. The van der Waals surface area contributed by atoms with Gasteiger partial charge in [-0.2, -0.15) is 26.3 Å². The first-order valence-electron chi connectivity index (χ1n) is 12.8. The summed E-state index contributed by atoms with van der Waals surface area (Å²) in [6.07, 6.45) is -9.01. The van der Waals surface area contributed by atoms with Gasteiger partial charge in [-0.3, -0.25) is 9.88 Å². The van der Waals surface area contributed by atoms with Gasteiger partial charge in [0.2, 0.25) is 5.88 Å². The van der Waals surface area contributed by atoms with Crippen LogP contribution in [0.5, 0.6) is 5.88 Å². The van der Waals surface area contributed by atoms with Crippen molar-refractivity contribution >= 4 is 29.2 Å². The number of nitrogens with zero attached hydrogens (tertiary/aromatic N) is 4. The molecular weight excluding hydrogens is 592 g/mol. The average molecular weight is 618 g/mol. The number of ether oxygens (including phenoxy) is 2. The Kier molecular flexibility index (Phi) is 9.04. The lowest BCUT2D eigenvalue weighted by Crippen LogP contribution is -2.46. The second-order valence-electron chi connectivity index (χ2n) is 9.40. The molecule has 15 heteroatoms. The molecule has 2 atom stereocenters. The van der Waals surface area contributed by atoms with E-state index in [-0.39, 0.29) is 46.8 Å². The van der Waals surface area contributed by atoms with Gasteiger partial charge >= 0.3 is 18.4 Å². The van der Waals surface area contributed by atoms with E-state index in [4.69, 9.17) is 21.1 Å². The Balaban J connectivity index is 1.76. The van der Waals surface area contributed by atoms with Crippen LogP contribution in [0.25, 0.3) is 0 Å². The molecule has 1 N–H and O–H groups in total. The van der Waals surface area contributed by atoms with E-state index in [1.54, 1.807) is 19.1 Å². The van der Waals surface area contributed by atoms with Gasteiger partial charge in [-0.1, -0.05) is 18.5 Å². The molecule has 0 saturated heterocycles. The lowest BCUT2D eigenvalue weighted by Gasteiger charge is -2.39. The molecule has 0 bridgehead atoms. The maximum absolute atomic E-state index is 13.4. The Bertz CT molecular complexity index is 1420. The third-order valence-corrected chi connectivity index (χ3v) is 6.82. The smallest absolute Gasteiger partial charge is 0.416 e. The van der Waals surface area contributed by atoms with Crippen molar-refractivity contribution in [3.63, 3.8) is 0 Å². The minimum absolute atomic E-state index is 0.0356. The zero-order chi connectivity index (χ0) is 30.8. The number of halogens is 7. The molecule has 1 amide bonds. The van der Waals surface area contributed by atoms with Crippen molar-refractivity contribution in [1.29, 1.82) is 0 Å². The summed E-state index contributed by atoms with van der Waals surface area (Å²) in [4.78, 5) is 27.3. The number of amides is 1. The molecule has 0 fully saturated rings. The molecule has 0 spiro atoms. The molecule has 0 radical (unpaired) electrons. The predicted octanol–water partition coefficient (Wildman–Crippen LogP) is 7.46. The second kappa shape index (κ2) is 12.2. The number of methoxy groups -OCH3 is 1. The lowest BCUT2D eigenvalue weighted by atomic mass is 9.93. The highest BCUT2D eigenvalue weighted by Crippen LogP contribution is 2.41. The fourth-order valence-corrected chi connectivity index (χ4v) is 4.88. The molecule has 1 aliphatic rings. The maximum atomic E-state index is 13.4. The summed E-state index contributed by atoms with van der Waals surface area (Å²) in [5.41, 5.74) is -2.28. The summed E-state index contributed by atoms with van der Waals surface area (Å²) >= 11 is 6.09. The molecule has 3 aromatic rings. The molecule has 1 aromatic carbocycles. The van der Waals surface area contributed by atoms with Gasteiger partial charge in [0.05, 0.1) is 54.2 Å². The van der Waals surface area contributed by atoms with E-state index >= 15 is 0 Å². The van der Waals surface area contributed by atoms with Gasteiger partial charge < -0.3 is 14.8 Å². The van der Waals surface area contributed by atoms with E-state index in [9.17, 15) is 31.1 Å². The lowest BCUT2D eigenvalue weighted by molar-refractivity contribution is -0.143. The number of carbonyl (C=O) groups is 1. The van der Waals surface area contributed by atoms with Crippen molar-refractivity contribution in [2.45, 2.75) is 57.5 Å². The van der Waals surface area contributed by atoms with E-state index in [0.717, 1.165) is 6.20 Å². The molecule has 8 nitrogen and oxygen atoms in total. The quantitative estimate of drug-likeness (QED) is 0.275. The van der Waals surface area contributed by atoms with Crippen LogP contribution >= 0.6 is 11.6 Å². The topological polar surface area (TPSA) is 89.5 Å². The molecule has 0 saturated carbocycles. The SMILES string of the molecule is CCOC(=O)N1c2ccc(OC)nc2[C@@H](Nc2nc(Cl)cnc2Cc2cc(C(F)(F)F)cc(C(F)(F)F)c2)C[C@H]1CC. The number of pyridine rings is 1. The van der Waals surface area contributed by atoms with E-state index in [0.29, 0.717) is 36.4 Å². The van der Waals surface area contributed by atoms with Crippen molar-refractivity contribution in [3.8, 4) is 5.88 Å². The summed E-state index contributed by atoms with van der Waals surface area (Å²) in [6, 6.07) is 3.61. The fraction of sp³-hybridized carbons (Fsp3) is 0.407. The summed E-state index contributed by atoms with van der Waals surface area (Å²) in [5, 5.41) is 3.11. The van der Waals surface area contributed by atoms with Gasteiger partial charge in [-0.05, 0) is 49.6 Å². The van der Waals surface area contributed by atoms with E-state index in [1.165, 1.54) is 12.0 Å². The highest BCUT2D eigenvalue weighted by Gasteiger charge is 2.39. The van der Waals surface area contributed by atoms with Crippen LogP contribution in [0.2, 0.25) is 5.15 Å². The first-order valence-corrected chi connectivity index (χ1v) is 13.2. The largest absolute Gasteiger partial charge is 0.481 e. The average Bonchev–Trinajstić information content (AvgIpc) is 2.93. The first kappa shape index (κ1) is 31.1. The highest BCUT2D eigenvalue weighted by atomic mass is 35.5. The van der Waals surface area contributed by atoms with Gasteiger partial charge in [0.1, 0.15) is 11.0 Å². The van der Waals surface area contributed by atoms with E-state index in [2.05, 4.69) is 20.3 Å². The van der Waals surface area contributed by atoms with Crippen molar-refractivity contribution in [2.75, 3.05) is 23.9 Å². The van der Waals surface area contributed by atoms with Crippen LogP contribution < -0.4 is 15.0 Å². The minimum Gasteiger partial charge on any atom is -0.481 e. The number of benzene rings is 1. The van der Waals surface area contributed by atoms with Gasteiger partial charge in [0, 0.05) is 18.5 Å². The van der Waals surface area contributed by atoms with Gasteiger partial charge in [0.15, 0.2) is 0 Å². The minimum atomic E-state index is -5.00. The predicted molar refractivity (Wildman–Crippen MR) is 142 cm³/mol. The molecule has 2 aromatic heterocycles. The van der Waals surface area contributed by atoms with Crippen LogP contribution in [-0.2, 0) is 23.5 Å². The molecule has 226 valence electrons. The summed E-state index contributed by atoms with van der Waals surface area (Å²) < 4.78 is 91.2. The summed E-state index contributed by atoms with van der Waals surface area (Å²) in [6.45, 7) is 3.72. The normalized spacial score (nSPS) is 17.0. The number of rotatable bonds is 7. The number of nitrogens with one attached hydrogen (secondary N) is 1. The molecule has 1 aliphatic heterocycles. The van der Waals surface area contributed by atoms with Crippen LogP contribution in [0.1, 0.15) is 60.8 Å². The Hall–Kier alpha value is -3.81. The summed E-state index contributed by atoms with van der Waals surface area (Å²) in [5.74, 6) is 0.286. The van der Waals surface area contributed by atoms with Crippen molar-refractivity contribution < 1.29 is 40.6 Å². The third kappa shape index (κ3) is 6.80. The van der Waals surface area contributed by atoms with Crippen molar-refractivity contribution in [1.82, 2.24) is 15.0 Å². The first-order chi connectivity index (χ1) is 19.7. The standard InChI is InChI=1S/C27H26ClF6N5O3/c1-4-17-12-18(23-20(6-7-22(38-23)41-3)39(17)25(40)42-5-2)36-24-19(35-13-21(28)37-24)10-14-8-15(26(29,30)31)11-16(9-14)27(32,33)34/h6-9,11,13,17-18H,4-5,10,12H2,1-3H3,(H,36,37)/t17-,18+/m1/s1. The number of anilines is 2. The number of alkyl halides is 6. The van der Waals surface area contributed by atoms with Gasteiger partial charge in [-0.15, -0.1) is 0 Å². The Morgan fingerprint density at radius 1 is 1.07 bits per heavy atom. The molecule has 0 unspecified atom stereocenters. The molecule has 4 rings (SSSR count). The van der Waals surface area contributed by atoms with E-state index < -0.39 is 42.0 Å². The Morgan fingerprint density at radius 3 is 2.31 bits per heavy atom. The van der Waals surface area contributed by atoms with Crippen molar-refractivity contribution in [2.24, 2.45) is 0 Å². The second-order valence-corrected chi connectivity index (χ2v) is 9.79. The van der Waals surface area contributed by atoms with E-state index in [1.807, 2.05) is 6.92 Å². The van der Waals surface area contributed by atoms with Gasteiger partial charge in [0.25, 0.3) is 0 Å². The van der Waals surface area contributed by atoms with Crippen molar-refractivity contribution in [3.05, 3.63) is 69.8 Å². The van der Waals surface area contributed by atoms with Crippen LogP contribution in [0.3, 0.4) is 0 Å². The van der Waals surface area contributed by atoms with Crippen LogP contribution in [0.4, 0.5) is 42.6 Å². The zero-order valence-corrected chi connectivity index (χ0v) is 23.4. The number of carbonyl (C=O) groups excluding carboxylic acids is 1. The monoisotopic (exact) mass is 617 g/mol. The van der Waals surface area contributed by atoms with Gasteiger partial charge in [-0.25, -0.2) is 14.8 Å². The third-order valence-electron chi connectivity index (χ3n) is 6.63. The zero-order valence-electron chi connectivity index (χ0n) is 22.6. The molecule has 42 heavy (non-hydrogen) atoms. The van der Waals surface area contributed by atoms with Crippen LogP contribution in [0.15, 0.2) is 36.5 Å². The maximum Gasteiger partial charge on any atom is 0.416 e. The van der Waals surface area contributed by atoms with Crippen LogP contribution in [0, 0.1) is 0 Å². The number of hydrogen-bond donors (Lipinski definition) is 1. The number of fused-ring (bicyclic) bond motifs is 1. The Morgan fingerprint density at radius 2 is 1.74 bits per heavy atom. The fourth-order valence-electron chi connectivity index (χ4n) is 4.74.